The van der Waals surface area contributed by atoms with Crippen LogP contribution >= 0.6 is 22.9 Å². The highest BCUT2D eigenvalue weighted by Gasteiger charge is 2.26. The zero-order valence-electron chi connectivity index (χ0n) is 14.9. The first kappa shape index (κ1) is 18.6. The van der Waals surface area contributed by atoms with Crippen LogP contribution in [0.25, 0.3) is 10.9 Å². The fourth-order valence-corrected chi connectivity index (χ4v) is 3.88. The van der Waals surface area contributed by atoms with E-state index in [2.05, 4.69) is 4.98 Å². The van der Waals surface area contributed by atoms with E-state index >= 15 is 0 Å². The SMILES string of the molecule is CCCN(C(=O)c1cccs1)C(C)c1nc2ccc(Cl)cc2c(=O)n1C. The van der Waals surface area contributed by atoms with Gasteiger partial charge in [-0.15, -0.1) is 11.3 Å². The number of hydrogen-bond donors (Lipinski definition) is 0. The van der Waals surface area contributed by atoms with Crippen LogP contribution in [0.2, 0.25) is 5.02 Å². The van der Waals surface area contributed by atoms with Gasteiger partial charge in [0, 0.05) is 18.6 Å². The summed E-state index contributed by atoms with van der Waals surface area (Å²) in [6, 6.07) is 8.42. The third kappa shape index (κ3) is 3.39. The molecule has 0 saturated heterocycles. The van der Waals surface area contributed by atoms with Crippen LogP contribution in [-0.2, 0) is 7.05 Å². The highest BCUT2D eigenvalue weighted by molar-refractivity contribution is 7.12. The molecule has 0 saturated carbocycles. The first-order chi connectivity index (χ1) is 12.4. The molecule has 2 aromatic heterocycles. The Bertz CT molecular complexity index is 998. The molecule has 1 unspecified atom stereocenters. The number of nitrogens with zero attached hydrogens (tertiary/aromatic N) is 3. The minimum absolute atomic E-state index is 0.0418. The van der Waals surface area contributed by atoms with E-state index in [4.69, 9.17) is 11.6 Å². The summed E-state index contributed by atoms with van der Waals surface area (Å²) in [7, 11) is 1.68. The molecule has 2 heterocycles. The van der Waals surface area contributed by atoms with Crippen molar-refractivity contribution in [2.24, 2.45) is 7.05 Å². The molecule has 1 amide bonds. The van der Waals surface area contributed by atoms with Crippen LogP contribution in [0.1, 0.15) is 41.8 Å². The van der Waals surface area contributed by atoms with E-state index in [0.29, 0.717) is 33.2 Å². The van der Waals surface area contributed by atoms with Gasteiger partial charge in [0.1, 0.15) is 5.82 Å². The number of aromatic nitrogens is 2. The monoisotopic (exact) mass is 389 g/mol. The van der Waals surface area contributed by atoms with Crippen LogP contribution in [0.15, 0.2) is 40.5 Å². The third-order valence-corrected chi connectivity index (χ3v) is 5.46. The van der Waals surface area contributed by atoms with Crippen LogP contribution in [0.5, 0.6) is 0 Å². The molecular weight excluding hydrogens is 370 g/mol. The summed E-state index contributed by atoms with van der Waals surface area (Å²) in [5, 5.41) is 2.86. The first-order valence-corrected chi connectivity index (χ1v) is 9.70. The second-order valence-electron chi connectivity index (χ2n) is 6.15. The van der Waals surface area contributed by atoms with E-state index in [9.17, 15) is 9.59 Å². The van der Waals surface area contributed by atoms with Crippen LogP contribution in [0.3, 0.4) is 0 Å². The fourth-order valence-electron chi connectivity index (χ4n) is 3.03. The van der Waals surface area contributed by atoms with E-state index < -0.39 is 0 Å². The number of fused-ring (bicyclic) bond motifs is 1. The second-order valence-corrected chi connectivity index (χ2v) is 7.53. The molecule has 5 nitrogen and oxygen atoms in total. The average molecular weight is 390 g/mol. The van der Waals surface area contributed by atoms with Crippen molar-refractivity contribution in [1.29, 1.82) is 0 Å². The molecule has 0 aliphatic carbocycles. The van der Waals surface area contributed by atoms with Crippen LogP contribution in [0.4, 0.5) is 0 Å². The van der Waals surface area contributed by atoms with Crippen LogP contribution in [-0.4, -0.2) is 26.9 Å². The van der Waals surface area contributed by atoms with E-state index in [-0.39, 0.29) is 17.5 Å². The molecular formula is C19H20ClN3O2S. The molecule has 0 spiro atoms. The molecule has 3 rings (SSSR count). The summed E-state index contributed by atoms with van der Waals surface area (Å²) >= 11 is 7.42. The second kappa shape index (κ2) is 7.60. The van der Waals surface area contributed by atoms with Gasteiger partial charge in [0.2, 0.25) is 0 Å². The lowest BCUT2D eigenvalue weighted by atomic mass is 10.2. The topological polar surface area (TPSA) is 55.2 Å². The number of carbonyl (C=O) groups is 1. The van der Waals surface area contributed by atoms with Crippen molar-refractivity contribution >= 4 is 39.7 Å². The predicted octanol–water partition coefficient (Wildman–Crippen LogP) is 4.26. The molecule has 3 aromatic rings. The lowest BCUT2D eigenvalue weighted by Gasteiger charge is -2.29. The van der Waals surface area contributed by atoms with Crippen molar-refractivity contribution in [3.63, 3.8) is 0 Å². The number of carbonyl (C=O) groups excluding carboxylic acids is 1. The normalized spacial score (nSPS) is 12.3. The standard InChI is InChI=1S/C19H20ClN3O2S/c1-4-9-23(19(25)16-6-5-10-26-16)12(2)17-21-15-8-7-13(20)11-14(15)18(24)22(17)3/h5-8,10-12H,4,9H2,1-3H3. The smallest absolute Gasteiger partial charge is 0.264 e. The predicted molar refractivity (Wildman–Crippen MR) is 106 cm³/mol. The molecule has 0 aliphatic heterocycles. The van der Waals surface area contributed by atoms with Gasteiger partial charge in [-0.3, -0.25) is 14.2 Å². The zero-order chi connectivity index (χ0) is 18.8. The van der Waals surface area contributed by atoms with Gasteiger partial charge in [0.15, 0.2) is 0 Å². The summed E-state index contributed by atoms with van der Waals surface area (Å²) < 4.78 is 1.51. The lowest BCUT2D eigenvalue weighted by Crippen LogP contribution is -2.37. The largest absolute Gasteiger partial charge is 0.328 e. The Balaban J connectivity index is 2.08. The van der Waals surface area contributed by atoms with Gasteiger partial charge in [-0.1, -0.05) is 24.6 Å². The number of amides is 1. The Kier molecular flexibility index (Phi) is 5.44. The zero-order valence-corrected chi connectivity index (χ0v) is 16.5. The first-order valence-electron chi connectivity index (χ1n) is 8.44. The van der Waals surface area contributed by atoms with Gasteiger partial charge in [-0.25, -0.2) is 4.98 Å². The summed E-state index contributed by atoms with van der Waals surface area (Å²) in [4.78, 5) is 32.8. The lowest BCUT2D eigenvalue weighted by molar-refractivity contribution is 0.0685. The molecule has 7 heteroatoms. The molecule has 1 atom stereocenters. The van der Waals surface area contributed by atoms with Gasteiger partial charge in [-0.05, 0) is 43.0 Å². The third-order valence-electron chi connectivity index (χ3n) is 4.37. The minimum atomic E-state index is -0.331. The molecule has 0 fully saturated rings. The van der Waals surface area contributed by atoms with Crippen molar-refractivity contribution in [2.45, 2.75) is 26.3 Å². The highest BCUT2D eigenvalue weighted by Crippen LogP contribution is 2.24. The number of benzene rings is 1. The quantitative estimate of drug-likeness (QED) is 0.655. The van der Waals surface area contributed by atoms with Gasteiger partial charge >= 0.3 is 0 Å². The van der Waals surface area contributed by atoms with E-state index in [1.54, 1.807) is 30.1 Å². The molecule has 1 aromatic carbocycles. The highest BCUT2D eigenvalue weighted by atomic mass is 35.5. The Morgan fingerprint density at radius 1 is 1.38 bits per heavy atom. The van der Waals surface area contributed by atoms with Crippen molar-refractivity contribution in [3.05, 3.63) is 61.8 Å². The summed E-state index contributed by atoms with van der Waals surface area (Å²) in [6.07, 6.45) is 0.818. The average Bonchev–Trinajstić information content (AvgIpc) is 3.17. The molecule has 0 N–H and O–H groups in total. The van der Waals surface area contributed by atoms with Crippen LogP contribution in [0, 0.1) is 0 Å². The Labute approximate surface area is 160 Å². The maximum Gasteiger partial charge on any atom is 0.264 e. The molecule has 136 valence electrons. The molecule has 26 heavy (non-hydrogen) atoms. The maximum absolute atomic E-state index is 12.9. The number of thiophene rings is 1. The van der Waals surface area contributed by atoms with Crippen molar-refractivity contribution in [2.75, 3.05) is 6.54 Å². The number of hydrogen-bond acceptors (Lipinski definition) is 4. The summed E-state index contributed by atoms with van der Waals surface area (Å²) in [6.45, 7) is 4.52. The summed E-state index contributed by atoms with van der Waals surface area (Å²) in [5.41, 5.74) is 0.416. The van der Waals surface area contributed by atoms with Crippen LogP contribution < -0.4 is 5.56 Å². The van der Waals surface area contributed by atoms with E-state index in [1.807, 2.05) is 31.4 Å². The Morgan fingerprint density at radius 2 is 2.15 bits per heavy atom. The molecule has 0 radical (unpaired) electrons. The van der Waals surface area contributed by atoms with Gasteiger partial charge in [-0.2, -0.15) is 0 Å². The van der Waals surface area contributed by atoms with E-state index in [1.165, 1.54) is 15.9 Å². The van der Waals surface area contributed by atoms with Crippen molar-refractivity contribution < 1.29 is 4.79 Å². The fraction of sp³-hybridized carbons (Fsp3) is 0.316. The van der Waals surface area contributed by atoms with Crippen molar-refractivity contribution in [1.82, 2.24) is 14.5 Å². The van der Waals surface area contributed by atoms with E-state index in [0.717, 1.165) is 6.42 Å². The number of halogens is 1. The number of rotatable bonds is 5. The van der Waals surface area contributed by atoms with Crippen molar-refractivity contribution in [3.8, 4) is 0 Å². The molecule has 0 bridgehead atoms. The summed E-state index contributed by atoms with van der Waals surface area (Å²) in [5.74, 6) is 0.517. The van der Waals surface area contributed by atoms with Gasteiger partial charge < -0.3 is 4.90 Å². The van der Waals surface area contributed by atoms with Gasteiger partial charge in [0.05, 0.1) is 21.8 Å². The Hall–Kier alpha value is -2.18. The minimum Gasteiger partial charge on any atom is -0.328 e. The van der Waals surface area contributed by atoms with Gasteiger partial charge in [0.25, 0.3) is 11.5 Å². The molecule has 0 aliphatic rings. The maximum atomic E-state index is 12.9. The Morgan fingerprint density at radius 3 is 2.81 bits per heavy atom.